The minimum absolute atomic E-state index is 0.0120. The van der Waals surface area contributed by atoms with Crippen LogP contribution in [0.4, 0.5) is 0 Å². The molecule has 0 aromatic carbocycles. The maximum absolute atomic E-state index is 12.1. The summed E-state index contributed by atoms with van der Waals surface area (Å²) in [7, 11) is 1.62. The second kappa shape index (κ2) is 6.04. The van der Waals surface area contributed by atoms with Gasteiger partial charge in [-0.05, 0) is 6.42 Å². The maximum atomic E-state index is 12.1. The van der Waals surface area contributed by atoms with Crippen LogP contribution in [0.1, 0.15) is 32.1 Å². The molecule has 0 aromatic rings. The number of carbonyl (C=O) groups excluding carboxylic acids is 2. The molecule has 1 unspecified atom stereocenters. The van der Waals surface area contributed by atoms with Crippen molar-refractivity contribution in [1.82, 2.24) is 10.2 Å². The van der Waals surface area contributed by atoms with Crippen molar-refractivity contribution in [2.45, 2.75) is 37.8 Å². The molecular formula is C14H20N4O2. The van der Waals surface area contributed by atoms with Crippen LogP contribution >= 0.6 is 0 Å². The maximum Gasteiger partial charge on any atom is 0.224 e. The smallest absolute Gasteiger partial charge is 0.224 e. The first-order valence-electron chi connectivity index (χ1n) is 6.97. The van der Waals surface area contributed by atoms with E-state index in [1.807, 2.05) is 0 Å². The van der Waals surface area contributed by atoms with Crippen LogP contribution < -0.4 is 5.32 Å². The topological polar surface area (TPSA) is 74.1 Å². The highest BCUT2D eigenvalue weighted by Gasteiger charge is 2.40. The Labute approximate surface area is 119 Å². The third-order valence-corrected chi connectivity index (χ3v) is 3.95. The number of nitrogens with one attached hydrogen (secondary N) is 1. The molecule has 2 heterocycles. The molecule has 1 fully saturated rings. The van der Waals surface area contributed by atoms with E-state index in [4.69, 9.17) is 6.42 Å². The second-order valence-electron chi connectivity index (χ2n) is 5.33. The van der Waals surface area contributed by atoms with E-state index < -0.39 is 5.66 Å². The Hall–Kier alpha value is -1.90. The molecule has 0 saturated carbocycles. The Morgan fingerprint density at radius 1 is 1.45 bits per heavy atom. The molecule has 2 aliphatic rings. The molecule has 1 saturated heterocycles. The minimum Gasteiger partial charge on any atom is -0.359 e. The van der Waals surface area contributed by atoms with Gasteiger partial charge in [0.2, 0.25) is 11.8 Å². The fourth-order valence-electron chi connectivity index (χ4n) is 2.54. The van der Waals surface area contributed by atoms with Crippen LogP contribution in [0.25, 0.3) is 0 Å². The van der Waals surface area contributed by atoms with Crippen molar-refractivity contribution in [2.24, 2.45) is 16.1 Å². The van der Waals surface area contributed by atoms with Crippen LogP contribution in [0.3, 0.4) is 0 Å². The zero-order valence-corrected chi connectivity index (χ0v) is 11.8. The van der Waals surface area contributed by atoms with E-state index in [0.717, 1.165) is 12.8 Å². The van der Waals surface area contributed by atoms with Gasteiger partial charge in [0.1, 0.15) is 0 Å². The average Bonchev–Trinajstić information content (AvgIpc) is 3.06. The van der Waals surface area contributed by atoms with E-state index in [1.54, 1.807) is 11.9 Å². The van der Waals surface area contributed by atoms with Crippen LogP contribution in [-0.2, 0) is 9.59 Å². The largest absolute Gasteiger partial charge is 0.359 e. The normalized spacial score (nSPS) is 22.4. The van der Waals surface area contributed by atoms with Crippen molar-refractivity contribution in [3.05, 3.63) is 0 Å². The summed E-state index contributed by atoms with van der Waals surface area (Å²) in [5.74, 6) is 2.59. The van der Waals surface area contributed by atoms with Crippen molar-refractivity contribution < 1.29 is 9.59 Å². The fourth-order valence-corrected chi connectivity index (χ4v) is 2.54. The molecule has 20 heavy (non-hydrogen) atoms. The number of nitrogens with zero attached hydrogens (tertiary/aromatic N) is 3. The van der Waals surface area contributed by atoms with Gasteiger partial charge in [-0.15, -0.1) is 12.3 Å². The van der Waals surface area contributed by atoms with Crippen LogP contribution in [-0.4, -0.2) is 42.5 Å². The standard InChI is InChI=1S/C14H20N4O2/c1-3-4-7-14(16-17-14)8-5-12(19)18-9-6-11(10-18)13(20)15-2/h1,11H,4-10H2,2H3,(H,15,20). The summed E-state index contributed by atoms with van der Waals surface area (Å²) in [6, 6.07) is 0. The van der Waals surface area contributed by atoms with Gasteiger partial charge in [0, 0.05) is 45.8 Å². The lowest BCUT2D eigenvalue weighted by molar-refractivity contribution is -0.131. The highest BCUT2D eigenvalue weighted by molar-refractivity contribution is 5.82. The van der Waals surface area contributed by atoms with Gasteiger partial charge in [-0.25, -0.2) is 0 Å². The molecule has 6 heteroatoms. The Morgan fingerprint density at radius 3 is 2.80 bits per heavy atom. The van der Waals surface area contributed by atoms with Gasteiger partial charge in [-0.3, -0.25) is 9.59 Å². The molecule has 2 aliphatic heterocycles. The van der Waals surface area contributed by atoms with E-state index in [1.165, 1.54) is 0 Å². The molecule has 6 nitrogen and oxygen atoms in total. The Bertz CT molecular complexity index is 460. The molecule has 0 aromatic heterocycles. The number of rotatable bonds is 6. The quantitative estimate of drug-likeness (QED) is 0.733. The highest BCUT2D eigenvalue weighted by atomic mass is 16.2. The SMILES string of the molecule is C#CCCC1(CCC(=O)N2CCC(C(=O)NC)C2)N=N1. The van der Waals surface area contributed by atoms with Gasteiger partial charge in [0.25, 0.3) is 0 Å². The van der Waals surface area contributed by atoms with Crippen LogP contribution in [0.5, 0.6) is 0 Å². The third-order valence-electron chi connectivity index (χ3n) is 3.95. The van der Waals surface area contributed by atoms with Gasteiger partial charge in [-0.1, -0.05) is 0 Å². The summed E-state index contributed by atoms with van der Waals surface area (Å²) >= 11 is 0. The molecule has 1 atom stereocenters. The summed E-state index contributed by atoms with van der Waals surface area (Å²) in [5, 5.41) is 10.7. The zero-order valence-electron chi connectivity index (χ0n) is 11.8. The summed E-state index contributed by atoms with van der Waals surface area (Å²) in [6.45, 7) is 1.17. The fraction of sp³-hybridized carbons (Fsp3) is 0.714. The predicted octanol–water partition coefficient (Wildman–Crippen LogP) is 0.937. The molecule has 0 spiro atoms. The van der Waals surface area contributed by atoms with Gasteiger partial charge in [0.15, 0.2) is 5.66 Å². The Kier molecular flexibility index (Phi) is 4.38. The molecule has 1 N–H and O–H groups in total. The van der Waals surface area contributed by atoms with E-state index >= 15 is 0 Å². The monoisotopic (exact) mass is 276 g/mol. The van der Waals surface area contributed by atoms with Crippen molar-refractivity contribution >= 4 is 11.8 Å². The van der Waals surface area contributed by atoms with Crippen LogP contribution in [0.15, 0.2) is 10.2 Å². The zero-order chi connectivity index (χ0) is 14.6. The molecule has 108 valence electrons. The van der Waals surface area contributed by atoms with E-state index in [9.17, 15) is 9.59 Å². The molecule has 0 radical (unpaired) electrons. The van der Waals surface area contributed by atoms with Gasteiger partial charge in [-0.2, -0.15) is 10.2 Å². The van der Waals surface area contributed by atoms with E-state index in [-0.39, 0.29) is 17.7 Å². The first kappa shape index (κ1) is 14.5. The van der Waals surface area contributed by atoms with E-state index in [0.29, 0.717) is 32.4 Å². The lowest BCUT2D eigenvalue weighted by Gasteiger charge is -2.17. The highest BCUT2D eigenvalue weighted by Crippen LogP contribution is 2.37. The van der Waals surface area contributed by atoms with Gasteiger partial charge in [0.05, 0.1) is 5.92 Å². The summed E-state index contributed by atoms with van der Waals surface area (Å²) < 4.78 is 0. The molecule has 2 rings (SSSR count). The predicted molar refractivity (Wildman–Crippen MR) is 73.6 cm³/mol. The summed E-state index contributed by atoms with van der Waals surface area (Å²) in [5.41, 5.74) is -0.401. The van der Waals surface area contributed by atoms with Crippen LogP contribution in [0, 0.1) is 18.3 Å². The average molecular weight is 276 g/mol. The summed E-state index contributed by atoms with van der Waals surface area (Å²) in [6.07, 6.45) is 8.35. The van der Waals surface area contributed by atoms with E-state index in [2.05, 4.69) is 21.5 Å². The van der Waals surface area contributed by atoms with Crippen molar-refractivity contribution in [3.8, 4) is 12.3 Å². The van der Waals surface area contributed by atoms with Crippen molar-refractivity contribution in [3.63, 3.8) is 0 Å². The Morgan fingerprint density at radius 2 is 2.20 bits per heavy atom. The number of hydrogen-bond acceptors (Lipinski definition) is 4. The number of hydrogen-bond donors (Lipinski definition) is 1. The second-order valence-corrected chi connectivity index (χ2v) is 5.33. The van der Waals surface area contributed by atoms with Crippen molar-refractivity contribution in [1.29, 1.82) is 0 Å². The minimum atomic E-state index is -0.401. The molecule has 0 aliphatic carbocycles. The lowest BCUT2D eigenvalue weighted by Crippen LogP contribution is -2.33. The molecule has 2 amide bonds. The molecule has 0 bridgehead atoms. The number of amides is 2. The van der Waals surface area contributed by atoms with Crippen LogP contribution in [0.2, 0.25) is 0 Å². The number of terminal acetylenes is 1. The third kappa shape index (κ3) is 3.35. The number of likely N-dealkylation sites (tertiary alicyclic amines) is 1. The lowest BCUT2D eigenvalue weighted by atomic mass is 10.0. The number of carbonyl (C=O) groups is 2. The first-order chi connectivity index (χ1) is 9.60. The molecular weight excluding hydrogens is 256 g/mol. The summed E-state index contributed by atoms with van der Waals surface area (Å²) in [4.78, 5) is 25.4. The van der Waals surface area contributed by atoms with Crippen molar-refractivity contribution in [2.75, 3.05) is 20.1 Å². The Balaban J connectivity index is 1.74. The van der Waals surface area contributed by atoms with Gasteiger partial charge >= 0.3 is 0 Å². The first-order valence-corrected chi connectivity index (χ1v) is 6.97. The van der Waals surface area contributed by atoms with Gasteiger partial charge < -0.3 is 10.2 Å².